The van der Waals surface area contributed by atoms with Crippen LogP contribution in [0.25, 0.3) is 10.2 Å². The number of thiophene rings is 1. The highest BCUT2D eigenvalue weighted by atomic mass is 32.1. The van der Waals surface area contributed by atoms with Crippen molar-refractivity contribution in [1.29, 1.82) is 0 Å². The minimum absolute atomic E-state index is 0.188. The summed E-state index contributed by atoms with van der Waals surface area (Å²) in [7, 11) is 0. The van der Waals surface area contributed by atoms with Crippen LogP contribution >= 0.6 is 11.3 Å². The van der Waals surface area contributed by atoms with Crippen LogP contribution in [0.2, 0.25) is 0 Å². The van der Waals surface area contributed by atoms with Crippen molar-refractivity contribution in [3.8, 4) is 0 Å². The lowest BCUT2D eigenvalue weighted by Crippen LogP contribution is -2.13. The SMILES string of the molecule is O=C(O)Cc1nc2ccsc2c(=O)[nH]1. The van der Waals surface area contributed by atoms with Crippen molar-refractivity contribution in [2.75, 3.05) is 0 Å². The van der Waals surface area contributed by atoms with Gasteiger partial charge >= 0.3 is 5.97 Å². The van der Waals surface area contributed by atoms with Crippen molar-refractivity contribution in [2.24, 2.45) is 0 Å². The fourth-order valence-electron chi connectivity index (χ4n) is 1.15. The van der Waals surface area contributed by atoms with Gasteiger partial charge in [-0.3, -0.25) is 9.59 Å². The molecule has 2 aromatic heterocycles. The van der Waals surface area contributed by atoms with E-state index in [1.165, 1.54) is 11.3 Å². The fraction of sp³-hybridized carbons (Fsp3) is 0.125. The molecule has 0 saturated carbocycles. The van der Waals surface area contributed by atoms with Gasteiger partial charge in [0.2, 0.25) is 0 Å². The Bertz CT molecular complexity index is 543. The number of carboxylic acids is 1. The molecular formula is C8H6N2O3S. The van der Waals surface area contributed by atoms with Crippen molar-refractivity contribution in [2.45, 2.75) is 6.42 Å². The van der Waals surface area contributed by atoms with Crippen molar-refractivity contribution in [1.82, 2.24) is 9.97 Å². The van der Waals surface area contributed by atoms with Crippen molar-refractivity contribution < 1.29 is 9.90 Å². The van der Waals surface area contributed by atoms with Gasteiger partial charge in [0, 0.05) is 0 Å². The molecule has 0 bridgehead atoms. The van der Waals surface area contributed by atoms with Crippen molar-refractivity contribution in [3.63, 3.8) is 0 Å². The molecular weight excluding hydrogens is 204 g/mol. The maximum absolute atomic E-state index is 11.4. The molecule has 72 valence electrons. The van der Waals surface area contributed by atoms with Crippen LogP contribution in [0.15, 0.2) is 16.2 Å². The molecule has 0 fully saturated rings. The molecule has 2 heterocycles. The van der Waals surface area contributed by atoms with Gasteiger partial charge in [-0.15, -0.1) is 11.3 Å². The number of H-pyrrole nitrogens is 1. The minimum atomic E-state index is -1.01. The topological polar surface area (TPSA) is 83.0 Å². The predicted octanol–water partition coefficient (Wildman–Crippen LogP) is 0.612. The normalized spacial score (nSPS) is 10.6. The average molecular weight is 210 g/mol. The molecule has 2 rings (SSSR count). The van der Waals surface area contributed by atoms with Crippen molar-refractivity contribution >= 4 is 27.5 Å². The first-order chi connectivity index (χ1) is 6.66. The number of aliphatic carboxylic acids is 1. The molecule has 0 saturated heterocycles. The van der Waals surface area contributed by atoms with Crippen LogP contribution in [0.4, 0.5) is 0 Å². The van der Waals surface area contributed by atoms with E-state index in [0.29, 0.717) is 10.2 Å². The van der Waals surface area contributed by atoms with Crippen LogP contribution in [0.5, 0.6) is 0 Å². The first-order valence-corrected chi connectivity index (χ1v) is 4.73. The summed E-state index contributed by atoms with van der Waals surface area (Å²) in [4.78, 5) is 28.2. The van der Waals surface area contributed by atoms with E-state index in [1.807, 2.05) is 0 Å². The van der Waals surface area contributed by atoms with E-state index in [-0.39, 0.29) is 17.8 Å². The highest BCUT2D eigenvalue weighted by molar-refractivity contribution is 7.17. The highest BCUT2D eigenvalue weighted by Gasteiger charge is 2.07. The van der Waals surface area contributed by atoms with Crippen LogP contribution in [0.1, 0.15) is 5.82 Å². The fourth-order valence-corrected chi connectivity index (χ4v) is 1.87. The van der Waals surface area contributed by atoms with Crippen LogP contribution < -0.4 is 5.56 Å². The number of rotatable bonds is 2. The Hall–Kier alpha value is -1.69. The molecule has 0 spiro atoms. The number of nitrogens with zero attached hydrogens (tertiary/aromatic N) is 1. The largest absolute Gasteiger partial charge is 0.481 e. The standard InChI is InChI=1S/C8H6N2O3S/c11-6(12)3-5-9-4-1-2-14-7(4)8(13)10-5/h1-2H,3H2,(H,11,12)(H,9,10,13). The zero-order chi connectivity index (χ0) is 10.1. The summed E-state index contributed by atoms with van der Waals surface area (Å²) < 4.78 is 0.527. The molecule has 0 radical (unpaired) electrons. The minimum Gasteiger partial charge on any atom is -0.481 e. The number of fused-ring (bicyclic) bond motifs is 1. The second kappa shape index (κ2) is 3.22. The smallest absolute Gasteiger partial charge is 0.311 e. The van der Waals surface area contributed by atoms with Gasteiger partial charge in [0.25, 0.3) is 5.56 Å². The van der Waals surface area contributed by atoms with Gasteiger partial charge in [0.05, 0.1) is 5.52 Å². The lowest BCUT2D eigenvalue weighted by atomic mass is 10.4. The monoisotopic (exact) mass is 210 g/mol. The first kappa shape index (κ1) is 8.89. The van der Waals surface area contributed by atoms with Crippen LogP contribution in [0, 0.1) is 0 Å². The van der Waals surface area contributed by atoms with Gasteiger partial charge in [-0.05, 0) is 11.4 Å². The highest BCUT2D eigenvalue weighted by Crippen LogP contribution is 2.13. The van der Waals surface area contributed by atoms with Gasteiger partial charge < -0.3 is 10.1 Å². The molecule has 2 N–H and O–H groups in total. The third kappa shape index (κ3) is 1.51. The Labute approximate surface area is 82.0 Å². The second-order valence-electron chi connectivity index (χ2n) is 2.72. The molecule has 0 atom stereocenters. The second-order valence-corrected chi connectivity index (χ2v) is 3.63. The zero-order valence-corrected chi connectivity index (χ0v) is 7.80. The van der Waals surface area contributed by atoms with E-state index in [0.717, 1.165) is 0 Å². The lowest BCUT2D eigenvalue weighted by molar-refractivity contribution is -0.136. The number of carbonyl (C=O) groups is 1. The van der Waals surface area contributed by atoms with Crippen molar-refractivity contribution in [3.05, 3.63) is 27.6 Å². The molecule has 5 nitrogen and oxygen atoms in total. The van der Waals surface area contributed by atoms with Gasteiger partial charge in [-0.1, -0.05) is 0 Å². The molecule has 0 aromatic carbocycles. The first-order valence-electron chi connectivity index (χ1n) is 3.85. The zero-order valence-electron chi connectivity index (χ0n) is 6.98. The van der Waals surface area contributed by atoms with Crippen LogP contribution in [-0.4, -0.2) is 21.0 Å². The maximum atomic E-state index is 11.4. The van der Waals surface area contributed by atoms with E-state index in [9.17, 15) is 9.59 Å². The average Bonchev–Trinajstić information content (AvgIpc) is 2.50. The number of hydrogen-bond donors (Lipinski definition) is 2. The number of carboxylic acid groups (broad SMARTS) is 1. The molecule has 6 heteroatoms. The summed E-state index contributed by atoms with van der Waals surface area (Å²) in [5.41, 5.74) is 0.274. The summed E-state index contributed by atoms with van der Waals surface area (Å²) in [6.07, 6.45) is -0.263. The molecule has 0 aliphatic carbocycles. The van der Waals surface area contributed by atoms with Crippen LogP contribution in [0.3, 0.4) is 0 Å². The lowest BCUT2D eigenvalue weighted by Gasteiger charge is -1.95. The number of aromatic nitrogens is 2. The summed E-state index contributed by atoms with van der Waals surface area (Å²) in [6.45, 7) is 0. The van der Waals surface area contributed by atoms with E-state index < -0.39 is 5.97 Å². The van der Waals surface area contributed by atoms with E-state index in [4.69, 9.17) is 5.11 Å². The van der Waals surface area contributed by atoms with Gasteiger partial charge in [-0.25, -0.2) is 4.98 Å². The summed E-state index contributed by atoms with van der Waals surface area (Å²) in [5, 5.41) is 10.3. The molecule has 0 aliphatic heterocycles. The van der Waals surface area contributed by atoms with E-state index in [2.05, 4.69) is 9.97 Å². The summed E-state index contributed by atoms with van der Waals surface area (Å²) in [6, 6.07) is 1.70. The Morgan fingerprint density at radius 1 is 1.64 bits per heavy atom. The molecule has 0 amide bonds. The number of nitrogens with one attached hydrogen (secondary N) is 1. The van der Waals surface area contributed by atoms with Gasteiger partial charge in [0.1, 0.15) is 16.9 Å². The Balaban J connectivity index is 2.58. The quantitative estimate of drug-likeness (QED) is 0.760. The summed E-state index contributed by atoms with van der Waals surface area (Å²) >= 11 is 1.29. The van der Waals surface area contributed by atoms with Gasteiger partial charge in [0.15, 0.2) is 0 Å². The van der Waals surface area contributed by atoms with E-state index >= 15 is 0 Å². The molecule has 14 heavy (non-hydrogen) atoms. The third-order valence-electron chi connectivity index (χ3n) is 1.68. The number of hydrogen-bond acceptors (Lipinski definition) is 4. The Kier molecular flexibility index (Phi) is 2.05. The maximum Gasteiger partial charge on any atom is 0.311 e. The predicted molar refractivity (Wildman–Crippen MR) is 51.6 cm³/mol. The van der Waals surface area contributed by atoms with Gasteiger partial charge in [-0.2, -0.15) is 0 Å². The number of aromatic amines is 1. The Morgan fingerprint density at radius 3 is 3.14 bits per heavy atom. The molecule has 0 aliphatic rings. The van der Waals surface area contributed by atoms with E-state index in [1.54, 1.807) is 11.4 Å². The summed E-state index contributed by atoms with van der Waals surface area (Å²) in [5.74, 6) is -0.823. The third-order valence-corrected chi connectivity index (χ3v) is 2.58. The Morgan fingerprint density at radius 2 is 2.43 bits per heavy atom. The molecule has 2 aromatic rings. The van der Waals surface area contributed by atoms with Crippen LogP contribution in [-0.2, 0) is 11.2 Å². The molecule has 0 unspecified atom stereocenters.